The van der Waals surface area contributed by atoms with Crippen LogP contribution >= 0.6 is 22.6 Å². The van der Waals surface area contributed by atoms with Crippen LogP contribution in [0.15, 0.2) is 5.10 Å². The smallest absolute Gasteiger partial charge is 0.171 e. The minimum Gasteiger partial charge on any atom is -0.334 e. The molecule has 0 fully saturated rings. The lowest BCUT2D eigenvalue weighted by molar-refractivity contribution is 0.248. The maximum absolute atomic E-state index is 4.14. The van der Waals surface area contributed by atoms with E-state index in [-0.39, 0.29) is 0 Å². The van der Waals surface area contributed by atoms with Gasteiger partial charge in [-0.1, -0.05) is 0 Å². The lowest BCUT2D eigenvalue weighted by Crippen LogP contribution is -2.31. The Balaban J connectivity index is 2.51. The molecule has 1 rings (SSSR count). The fourth-order valence-corrected chi connectivity index (χ4v) is 1.38. The average Bonchev–Trinajstić information content (AvgIpc) is 2.15. The summed E-state index contributed by atoms with van der Waals surface area (Å²) < 4.78 is 0.410. The minimum absolute atomic E-state index is 0.410. The largest absolute Gasteiger partial charge is 0.334 e. The summed E-state index contributed by atoms with van der Waals surface area (Å²) in [6.45, 7) is 3.08. The second-order valence-electron chi connectivity index (χ2n) is 1.96. The molecule has 0 spiro atoms. The molecular weight excluding hydrogens is 229 g/mol. The van der Waals surface area contributed by atoms with E-state index in [1.807, 2.05) is 18.4 Å². The van der Waals surface area contributed by atoms with Gasteiger partial charge >= 0.3 is 0 Å². The molecule has 9 heavy (non-hydrogen) atoms. The van der Waals surface area contributed by atoms with Crippen molar-refractivity contribution in [3.63, 3.8) is 0 Å². The van der Waals surface area contributed by atoms with Crippen LogP contribution in [0.4, 0.5) is 0 Å². The van der Waals surface area contributed by atoms with Crippen LogP contribution in [-0.4, -0.2) is 34.0 Å². The van der Waals surface area contributed by atoms with Crippen molar-refractivity contribution < 1.29 is 0 Å². The van der Waals surface area contributed by atoms with Crippen molar-refractivity contribution in [3.05, 3.63) is 0 Å². The van der Waals surface area contributed by atoms with E-state index in [0.29, 0.717) is 4.17 Å². The second-order valence-corrected chi connectivity index (χ2v) is 3.08. The molecular formula is C5H10IN3. The van der Waals surface area contributed by atoms with Crippen LogP contribution < -0.4 is 0 Å². The second kappa shape index (κ2) is 2.72. The van der Waals surface area contributed by atoms with E-state index in [9.17, 15) is 0 Å². The highest BCUT2D eigenvalue weighted by Gasteiger charge is 2.19. The Morgan fingerprint density at radius 2 is 2.44 bits per heavy atom. The first kappa shape index (κ1) is 7.11. The van der Waals surface area contributed by atoms with Gasteiger partial charge in [0.2, 0.25) is 0 Å². The van der Waals surface area contributed by atoms with Crippen LogP contribution in [0.3, 0.4) is 0 Å². The first-order valence-electron chi connectivity index (χ1n) is 2.92. The molecule has 3 nitrogen and oxygen atoms in total. The fourth-order valence-electron chi connectivity index (χ4n) is 0.700. The Bertz CT molecular complexity index is 125. The van der Waals surface area contributed by atoms with E-state index in [1.165, 1.54) is 0 Å². The van der Waals surface area contributed by atoms with Crippen LogP contribution in [0.2, 0.25) is 0 Å². The molecule has 0 saturated heterocycles. The zero-order chi connectivity index (χ0) is 6.85. The van der Waals surface area contributed by atoms with Gasteiger partial charge in [0, 0.05) is 13.6 Å². The summed E-state index contributed by atoms with van der Waals surface area (Å²) in [6, 6.07) is 0. The highest BCUT2D eigenvalue weighted by atomic mass is 127. The maximum atomic E-state index is 4.14. The number of hydrogen-bond acceptors (Lipinski definition) is 3. The van der Waals surface area contributed by atoms with Gasteiger partial charge in [0.05, 0.1) is 0 Å². The van der Waals surface area contributed by atoms with Gasteiger partial charge in [-0.15, -0.1) is 0 Å². The van der Waals surface area contributed by atoms with E-state index < -0.39 is 0 Å². The Kier molecular flexibility index (Phi) is 2.15. The molecule has 1 atom stereocenters. The number of hydrazone groups is 1. The van der Waals surface area contributed by atoms with Gasteiger partial charge in [-0.3, -0.25) is 5.01 Å². The molecule has 1 heterocycles. The summed E-state index contributed by atoms with van der Waals surface area (Å²) in [4.78, 5) is 2.07. The van der Waals surface area contributed by atoms with Crippen LogP contribution in [0.1, 0.15) is 6.92 Å². The van der Waals surface area contributed by atoms with Gasteiger partial charge in [0.1, 0.15) is 6.34 Å². The molecule has 1 aliphatic heterocycles. The third kappa shape index (κ3) is 1.28. The molecule has 0 N–H and O–H groups in total. The normalized spacial score (nSPS) is 25.9. The minimum atomic E-state index is 0.410. The molecule has 4 heteroatoms. The summed E-state index contributed by atoms with van der Waals surface area (Å²) in [5, 5.41) is 6.17. The quantitative estimate of drug-likeness (QED) is 0.385. The molecule has 0 amide bonds. The lowest BCUT2D eigenvalue weighted by Gasteiger charge is -2.20. The number of hydrogen-bond donors (Lipinski definition) is 0. The maximum Gasteiger partial charge on any atom is 0.171 e. The van der Waals surface area contributed by atoms with E-state index in [4.69, 9.17) is 0 Å². The van der Waals surface area contributed by atoms with Crippen molar-refractivity contribution in [1.29, 1.82) is 0 Å². The highest BCUT2D eigenvalue weighted by molar-refractivity contribution is 14.1. The number of rotatable bonds is 1. The summed E-state index contributed by atoms with van der Waals surface area (Å²) in [5.41, 5.74) is 0. The first-order valence-corrected chi connectivity index (χ1v) is 4.17. The fraction of sp³-hybridized carbons (Fsp3) is 0.800. The molecule has 0 aromatic carbocycles. The van der Waals surface area contributed by atoms with E-state index in [2.05, 4.69) is 39.5 Å². The Morgan fingerprint density at radius 3 is 2.67 bits per heavy atom. The van der Waals surface area contributed by atoms with E-state index in [0.717, 1.165) is 6.54 Å². The van der Waals surface area contributed by atoms with Crippen molar-refractivity contribution in [3.8, 4) is 0 Å². The molecule has 1 aliphatic rings. The topological polar surface area (TPSA) is 18.8 Å². The van der Waals surface area contributed by atoms with E-state index >= 15 is 0 Å². The SMILES string of the molecule is CCN1N=CN(C)C1I. The van der Waals surface area contributed by atoms with Crippen LogP contribution in [0, 0.1) is 0 Å². The van der Waals surface area contributed by atoms with Crippen molar-refractivity contribution in [1.82, 2.24) is 9.91 Å². The predicted octanol–water partition coefficient (Wildman–Crippen LogP) is 0.916. The molecule has 0 bridgehead atoms. The van der Waals surface area contributed by atoms with Crippen molar-refractivity contribution >= 4 is 28.9 Å². The Labute approximate surface area is 68.8 Å². The van der Waals surface area contributed by atoms with Crippen LogP contribution in [-0.2, 0) is 0 Å². The first-order chi connectivity index (χ1) is 4.25. The average molecular weight is 239 g/mol. The zero-order valence-corrected chi connectivity index (χ0v) is 7.74. The summed E-state index contributed by atoms with van der Waals surface area (Å²) >= 11 is 2.35. The monoisotopic (exact) mass is 239 g/mol. The van der Waals surface area contributed by atoms with Crippen molar-refractivity contribution in [2.75, 3.05) is 13.6 Å². The highest BCUT2D eigenvalue weighted by Crippen LogP contribution is 2.15. The van der Waals surface area contributed by atoms with Gasteiger partial charge in [-0.25, -0.2) is 0 Å². The van der Waals surface area contributed by atoms with Crippen LogP contribution in [0.25, 0.3) is 0 Å². The van der Waals surface area contributed by atoms with Gasteiger partial charge in [0.25, 0.3) is 0 Å². The molecule has 0 radical (unpaired) electrons. The van der Waals surface area contributed by atoms with Crippen molar-refractivity contribution in [2.24, 2.45) is 5.10 Å². The lowest BCUT2D eigenvalue weighted by atomic mass is 10.7. The number of alkyl halides is 1. The standard InChI is InChI=1S/C5H10IN3/c1-3-9-5(6)8(2)4-7-9/h4-5H,3H2,1-2H3. The van der Waals surface area contributed by atoms with Gasteiger partial charge in [0.15, 0.2) is 4.17 Å². The summed E-state index contributed by atoms with van der Waals surface area (Å²) in [7, 11) is 2.02. The van der Waals surface area contributed by atoms with E-state index in [1.54, 1.807) is 0 Å². The number of nitrogens with zero attached hydrogens (tertiary/aromatic N) is 3. The van der Waals surface area contributed by atoms with Crippen molar-refractivity contribution in [2.45, 2.75) is 11.1 Å². The summed E-state index contributed by atoms with van der Waals surface area (Å²) in [6.07, 6.45) is 1.85. The Hall–Kier alpha value is 0. The number of halogens is 1. The van der Waals surface area contributed by atoms with Crippen LogP contribution in [0.5, 0.6) is 0 Å². The Morgan fingerprint density at radius 1 is 1.78 bits per heavy atom. The summed E-state index contributed by atoms with van der Waals surface area (Å²) in [5.74, 6) is 0. The third-order valence-corrected chi connectivity index (χ3v) is 2.81. The zero-order valence-electron chi connectivity index (χ0n) is 5.58. The molecule has 0 aliphatic carbocycles. The van der Waals surface area contributed by atoms with Gasteiger partial charge < -0.3 is 4.90 Å². The van der Waals surface area contributed by atoms with Gasteiger partial charge in [-0.2, -0.15) is 5.10 Å². The molecule has 0 saturated carbocycles. The molecule has 0 aromatic heterocycles. The molecule has 52 valence electrons. The molecule has 1 unspecified atom stereocenters. The van der Waals surface area contributed by atoms with Gasteiger partial charge in [-0.05, 0) is 29.5 Å². The molecule has 0 aromatic rings. The predicted molar refractivity (Wildman–Crippen MR) is 46.4 cm³/mol. The third-order valence-electron chi connectivity index (χ3n) is 1.29.